The molecule has 0 aromatic carbocycles. The molecule has 4 heterocycles. The van der Waals surface area contributed by atoms with Gasteiger partial charge in [0.2, 0.25) is 10.0 Å². The van der Waals surface area contributed by atoms with Crippen LogP contribution in [0.2, 0.25) is 0 Å². The van der Waals surface area contributed by atoms with Gasteiger partial charge in [-0.25, -0.2) is 8.42 Å². The molecule has 2 aromatic rings. The van der Waals surface area contributed by atoms with Gasteiger partial charge in [0.25, 0.3) is 5.91 Å². The van der Waals surface area contributed by atoms with Crippen LogP contribution in [0.1, 0.15) is 10.5 Å². The van der Waals surface area contributed by atoms with Crippen LogP contribution >= 0.6 is 0 Å². The van der Waals surface area contributed by atoms with Gasteiger partial charge in [-0.2, -0.15) is 9.40 Å². The standard InChI is InChI=1S/C17H21N5O4S/c1-21-15(4-6-20-21)17(23)19-7-12-11-26-16-10-22(9-14(12)16)27(24,25)13-3-2-5-18-8-13/h2-6,8,12,14,16H,7,9-11H2,1H3,(H,19,23)/t12-,14+,16+/m0/s1. The smallest absolute Gasteiger partial charge is 0.269 e. The molecule has 0 spiro atoms. The van der Waals surface area contributed by atoms with Crippen LogP contribution in [0, 0.1) is 11.8 Å². The zero-order valence-electron chi connectivity index (χ0n) is 14.9. The van der Waals surface area contributed by atoms with Crippen LogP contribution < -0.4 is 5.32 Å². The molecule has 0 radical (unpaired) electrons. The first kappa shape index (κ1) is 18.1. The number of carbonyl (C=O) groups excluding carboxylic acids is 1. The van der Waals surface area contributed by atoms with E-state index in [1.54, 1.807) is 37.6 Å². The summed E-state index contributed by atoms with van der Waals surface area (Å²) in [6.45, 7) is 1.66. The average Bonchev–Trinajstić information content (AvgIpc) is 3.36. The summed E-state index contributed by atoms with van der Waals surface area (Å²) < 4.78 is 34.3. The first-order valence-electron chi connectivity index (χ1n) is 8.75. The topological polar surface area (TPSA) is 106 Å². The molecule has 0 aliphatic carbocycles. The molecule has 4 rings (SSSR count). The highest BCUT2D eigenvalue weighted by Gasteiger charge is 2.47. The fraction of sp³-hybridized carbons (Fsp3) is 0.471. The van der Waals surface area contributed by atoms with Gasteiger partial charge in [-0.1, -0.05) is 0 Å². The Morgan fingerprint density at radius 2 is 2.19 bits per heavy atom. The van der Waals surface area contributed by atoms with Crippen molar-refractivity contribution in [3.63, 3.8) is 0 Å². The Morgan fingerprint density at radius 1 is 1.33 bits per heavy atom. The Morgan fingerprint density at radius 3 is 2.89 bits per heavy atom. The van der Waals surface area contributed by atoms with Gasteiger partial charge in [0, 0.05) is 57.1 Å². The van der Waals surface area contributed by atoms with Crippen molar-refractivity contribution in [2.45, 2.75) is 11.0 Å². The van der Waals surface area contributed by atoms with E-state index in [1.165, 1.54) is 15.2 Å². The summed E-state index contributed by atoms with van der Waals surface area (Å²) in [5, 5.41) is 6.90. The van der Waals surface area contributed by atoms with E-state index < -0.39 is 10.0 Å². The minimum Gasteiger partial charge on any atom is -0.376 e. The fourth-order valence-corrected chi connectivity index (χ4v) is 5.18. The van der Waals surface area contributed by atoms with Gasteiger partial charge in [-0.05, 0) is 18.2 Å². The highest BCUT2D eigenvalue weighted by Crippen LogP contribution is 2.35. The maximum atomic E-state index is 12.8. The van der Waals surface area contributed by atoms with Crippen LogP contribution in [-0.4, -0.2) is 65.7 Å². The van der Waals surface area contributed by atoms with Gasteiger partial charge in [0.05, 0.1) is 12.7 Å². The number of aryl methyl sites for hydroxylation is 1. The van der Waals surface area contributed by atoms with Crippen molar-refractivity contribution in [3.8, 4) is 0 Å². The summed E-state index contributed by atoms with van der Waals surface area (Å²) in [6.07, 6.45) is 4.33. The Labute approximate surface area is 157 Å². The number of nitrogens with one attached hydrogen (secondary N) is 1. The Kier molecular flexibility index (Phi) is 4.70. The number of amides is 1. The Balaban J connectivity index is 1.40. The number of rotatable bonds is 5. The van der Waals surface area contributed by atoms with Gasteiger partial charge in [0.15, 0.2) is 0 Å². The van der Waals surface area contributed by atoms with Gasteiger partial charge in [-0.3, -0.25) is 14.5 Å². The van der Waals surface area contributed by atoms with Crippen molar-refractivity contribution in [1.29, 1.82) is 0 Å². The third kappa shape index (κ3) is 3.35. The van der Waals surface area contributed by atoms with Crippen molar-refractivity contribution in [1.82, 2.24) is 24.4 Å². The lowest BCUT2D eigenvalue weighted by atomic mass is 9.93. The zero-order valence-corrected chi connectivity index (χ0v) is 15.7. The third-order valence-electron chi connectivity index (χ3n) is 5.26. The highest BCUT2D eigenvalue weighted by molar-refractivity contribution is 7.89. The summed E-state index contributed by atoms with van der Waals surface area (Å²) in [4.78, 5) is 16.3. The summed E-state index contributed by atoms with van der Waals surface area (Å²) in [7, 11) is -1.87. The van der Waals surface area contributed by atoms with Crippen LogP contribution in [0.5, 0.6) is 0 Å². The van der Waals surface area contributed by atoms with Crippen molar-refractivity contribution in [2.75, 3.05) is 26.2 Å². The van der Waals surface area contributed by atoms with E-state index in [9.17, 15) is 13.2 Å². The van der Waals surface area contributed by atoms with Crippen LogP contribution in [0.15, 0.2) is 41.7 Å². The zero-order chi connectivity index (χ0) is 19.0. The SMILES string of the molecule is Cn1nccc1C(=O)NC[C@H]1CO[C@@H]2CN(S(=O)(=O)c3cccnc3)C[C@H]12. The number of fused-ring (bicyclic) bond motifs is 1. The number of nitrogens with zero attached hydrogens (tertiary/aromatic N) is 4. The highest BCUT2D eigenvalue weighted by atomic mass is 32.2. The van der Waals surface area contributed by atoms with Crippen molar-refractivity contribution < 1.29 is 17.9 Å². The van der Waals surface area contributed by atoms with E-state index in [2.05, 4.69) is 15.4 Å². The molecule has 10 heteroatoms. The molecule has 2 aliphatic heterocycles. The van der Waals surface area contributed by atoms with Gasteiger partial charge in [0.1, 0.15) is 10.6 Å². The van der Waals surface area contributed by atoms with Crippen molar-refractivity contribution in [2.24, 2.45) is 18.9 Å². The molecule has 0 saturated carbocycles. The number of carbonyl (C=O) groups is 1. The molecule has 0 bridgehead atoms. The molecule has 2 saturated heterocycles. The number of hydrogen-bond donors (Lipinski definition) is 1. The molecule has 27 heavy (non-hydrogen) atoms. The van der Waals surface area contributed by atoms with Gasteiger partial charge in [-0.15, -0.1) is 0 Å². The van der Waals surface area contributed by atoms with Crippen LogP contribution in [0.25, 0.3) is 0 Å². The Bertz CT molecular complexity index is 930. The monoisotopic (exact) mass is 391 g/mol. The molecular formula is C17H21N5O4S. The van der Waals surface area contributed by atoms with Crippen molar-refractivity contribution in [3.05, 3.63) is 42.5 Å². The summed E-state index contributed by atoms with van der Waals surface area (Å²) in [5.41, 5.74) is 0.484. The minimum absolute atomic E-state index is 0.0586. The summed E-state index contributed by atoms with van der Waals surface area (Å²) >= 11 is 0. The number of hydrogen-bond acceptors (Lipinski definition) is 6. The lowest BCUT2D eigenvalue weighted by molar-refractivity contribution is 0.0924. The van der Waals surface area contributed by atoms with E-state index in [0.29, 0.717) is 31.9 Å². The fourth-order valence-electron chi connectivity index (χ4n) is 3.73. The largest absolute Gasteiger partial charge is 0.376 e. The molecule has 2 aliphatic rings. The predicted molar refractivity (Wildman–Crippen MR) is 95.3 cm³/mol. The first-order chi connectivity index (χ1) is 13.0. The number of aromatic nitrogens is 3. The molecule has 0 unspecified atom stereocenters. The van der Waals surface area contributed by atoms with E-state index in [4.69, 9.17) is 4.74 Å². The predicted octanol–water partition coefficient (Wildman–Crippen LogP) is -0.119. The molecule has 144 valence electrons. The maximum Gasteiger partial charge on any atom is 0.269 e. The van der Waals surface area contributed by atoms with E-state index in [0.717, 1.165) is 0 Å². The maximum absolute atomic E-state index is 12.8. The van der Waals surface area contributed by atoms with Gasteiger partial charge >= 0.3 is 0 Å². The average molecular weight is 391 g/mol. The van der Waals surface area contributed by atoms with Gasteiger partial charge < -0.3 is 10.1 Å². The molecular weight excluding hydrogens is 370 g/mol. The van der Waals surface area contributed by atoms with Crippen LogP contribution in [0.4, 0.5) is 0 Å². The molecule has 2 fully saturated rings. The van der Waals surface area contributed by atoms with E-state index >= 15 is 0 Å². The summed E-state index contributed by atoms with van der Waals surface area (Å²) in [6, 6.07) is 4.81. The second-order valence-electron chi connectivity index (χ2n) is 6.86. The number of ether oxygens (including phenoxy) is 1. The van der Waals surface area contributed by atoms with Crippen molar-refractivity contribution >= 4 is 15.9 Å². The van der Waals surface area contributed by atoms with E-state index in [1.807, 2.05) is 0 Å². The second kappa shape index (κ2) is 7.02. The Hall–Kier alpha value is -2.30. The number of sulfonamides is 1. The lowest BCUT2D eigenvalue weighted by Gasteiger charge is -2.20. The minimum atomic E-state index is -3.58. The molecule has 9 nitrogen and oxygen atoms in total. The molecule has 1 N–H and O–H groups in total. The molecule has 3 atom stereocenters. The molecule has 1 amide bonds. The van der Waals surface area contributed by atoms with E-state index in [-0.39, 0.29) is 28.7 Å². The lowest BCUT2D eigenvalue weighted by Crippen LogP contribution is -2.36. The van der Waals surface area contributed by atoms with Crippen LogP contribution in [0.3, 0.4) is 0 Å². The first-order valence-corrected chi connectivity index (χ1v) is 10.2. The normalized spacial score (nSPS) is 25.4. The van der Waals surface area contributed by atoms with Crippen LogP contribution in [-0.2, 0) is 21.8 Å². The number of pyridine rings is 1. The quantitative estimate of drug-likeness (QED) is 0.762. The molecule has 2 aromatic heterocycles. The second-order valence-corrected chi connectivity index (χ2v) is 8.79. The summed E-state index contributed by atoms with van der Waals surface area (Å²) in [5.74, 6) is -0.0687. The third-order valence-corrected chi connectivity index (χ3v) is 7.07.